The molecule has 0 bridgehead atoms. The minimum Gasteiger partial charge on any atom is -0.481 e. The summed E-state index contributed by atoms with van der Waals surface area (Å²) in [4.78, 5) is 10.3. The monoisotopic (exact) mass is 317 g/mol. The van der Waals surface area contributed by atoms with Gasteiger partial charge >= 0.3 is 5.97 Å². The van der Waals surface area contributed by atoms with E-state index in [1.54, 1.807) is 0 Å². The number of aliphatic carboxylic acids is 1. The van der Waals surface area contributed by atoms with Crippen molar-refractivity contribution in [3.8, 4) is 0 Å². The molecule has 0 aromatic heterocycles. The van der Waals surface area contributed by atoms with E-state index in [2.05, 4.69) is 12.2 Å². The third-order valence-corrected chi connectivity index (χ3v) is 3.64. The highest BCUT2D eigenvalue weighted by molar-refractivity contribution is 5.66. The molecular weight excluding hydrogens is 282 g/mol. The van der Waals surface area contributed by atoms with Crippen molar-refractivity contribution < 1.29 is 19.7 Å². The number of nitrogens with one attached hydrogen (secondary N) is 1. The van der Waals surface area contributed by atoms with E-state index in [1.165, 1.54) is 44.9 Å². The van der Waals surface area contributed by atoms with E-state index in [-0.39, 0.29) is 12.5 Å². The second kappa shape index (κ2) is 16.7. The average molecular weight is 317 g/mol. The largest absolute Gasteiger partial charge is 0.481 e. The van der Waals surface area contributed by atoms with Crippen molar-refractivity contribution in [1.82, 2.24) is 5.32 Å². The number of hydrogen-bond donors (Lipinski definition) is 3. The minimum atomic E-state index is -0.797. The van der Waals surface area contributed by atoms with E-state index < -0.39 is 5.97 Å². The lowest BCUT2D eigenvalue weighted by Crippen LogP contribution is -2.24. The van der Waals surface area contributed by atoms with E-state index in [1.807, 2.05) is 0 Å². The molecule has 0 heterocycles. The van der Waals surface area contributed by atoms with Crippen molar-refractivity contribution in [1.29, 1.82) is 0 Å². The SMILES string of the molecule is CCCCCCCCCCC(O)COCCNCCC(=O)O. The van der Waals surface area contributed by atoms with Crippen LogP contribution in [0.4, 0.5) is 0 Å². The van der Waals surface area contributed by atoms with Crippen LogP contribution in [0.25, 0.3) is 0 Å². The topological polar surface area (TPSA) is 78.8 Å². The van der Waals surface area contributed by atoms with Gasteiger partial charge in [0.25, 0.3) is 0 Å². The molecule has 1 atom stereocenters. The third kappa shape index (κ3) is 17.4. The number of unbranched alkanes of at least 4 members (excludes halogenated alkanes) is 7. The van der Waals surface area contributed by atoms with Crippen molar-refractivity contribution in [3.63, 3.8) is 0 Å². The Kier molecular flexibility index (Phi) is 16.2. The van der Waals surface area contributed by atoms with Gasteiger partial charge in [-0.05, 0) is 6.42 Å². The summed E-state index contributed by atoms with van der Waals surface area (Å²) in [6.45, 7) is 4.19. The second-order valence-electron chi connectivity index (χ2n) is 5.89. The molecule has 0 amide bonds. The molecule has 5 nitrogen and oxygen atoms in total. The zero-order valence-corrected chi connectivity index (χ0v) is 14.2. The van der Waals surface area contributed by atoms with Crippen LogP contribution >= 0.6 is 0 Å². The molecule has 3 N–H and O–H groups in total. The molecule has 0 saturated heterocycles. The van der Waals surface area contributed by atoms with Crippen molar-refractivity contribution >= 4 is 5.97 Å². The molecule has 22 heavy (non-hydrogen) atoms. The summed E-state index contributed by atoms with van der Waals surface area (Å²) in [6.07, 6.45) is 10.7. The summed E-state index contributed by atoms with van der Waals surface area (Å²) in [7, 11) is 0. The number of carboxylic acid groups (broad SMARTS) is 1. The molecule has 0 spiro atoms. The summed E-state index contributed by atoms with van der Waals surface area (Å²) in [5.74, 6) is -0.797. The van der Waals surface area contributed by atoms with Crippen LogP contribution < -0.4 is 5.32 Å². The Balaban J connectivity index is 3.16. The van der Waals surface area contributed by atoms with Gasteiger partial charge in [0.05, 0.1) is 25.7 Å². The van der Waals surface area contributed by atoms with Gasteiger partial charge in [-0.1, -0.05) is 58.3 Å². The molecule has 0 aromatic carbocycles. The van der Waals surface area contributed by atoms with Crippen LogP contribution in [-0.4, -0.2) is 48.6 Å². The number of carbonyl (C=O) groups is 1. The Bertz CT molecular complexity index is 249. The highest BCUT2D eigenvalue weighted by Crippen LogP contribution is 2.10. The van der Waals surface area contributed by atoms with Gasteiger partial charge in [0.2, 0.25) is 0 Å². The Morgan fingerprint density at radius 3 is 2.32 bits per heavy atom. The number of aliphatic hydroxyl groups is 1. The number of hydrogen-bond acceptors (Lipinski definition) is 4. The van der Waals surface area contributed by atoms with Crippen LogP contribution in [0, 0.1) is 0 Å². The molecule has 0 aromatic rings. The number of rotatable bonds is 17. The van der Waals surface area contributed by atoms with E-state index in [4.69, 9.17) is 9.84 Å². The van der Waals surface area contributed by atoms with E-state index in [0.717, 1.165) is 12.8 Å². The Morgan fingerprint density at radius 2 is 1.68 bits per heavy atom. The number of carboxylic acids is 1. The predicted molar refractivity (Wildman–Crippen MR) is 89.2 cm³/mol. The van der Waals surface area contributed by atoms with Gasteiger partial charge in [0.1, 0.15) is 0 Å². The van der Waals surface area contributed by atoms with E-state index >= 15 is 0 Å². The van der Waals surface area contributed by atoms with Crippen molar-refractivity contribution in [2.75, 3.05) is 26.3 Å². The van der Waals surface area contributed by atoms with Crippen LogP contribution in [0.5, 0.6) is 0 Å². The van der Waals surface area contributed by atoms with Gasteiger partial charge in [-0.25, -0.2) is 0 Å². The van der Waals surface area contributed by atoms with Gasteiger partial charge in [0, 0.05) is 13.1 Å². The lowest BCUT2D eigenvalue weighted by Gasteiger charge is -2.11. The third-order valence-electron chi connectivity index (χ3n) is 3.64. The van der Waals surface area contributed by atoms with Crippen molar-refractivity contribution in [2.45, 2.75) is 77.2 Å². The zero-order chi connectivity index (χ0) is 16.5. The lowest BCUT2D eigenvalue weighted by atomic mass is 10.1. The molecule has 0 aliphatic carbocycles. The van der Waals surface area contributed by atoms with Crippen LogP contribution in [0.15, 0.2) is 0 Å². The molecule has 0 aliphatic heterocycles. The van der Waals surface area contributed by atoms with Crippen LogP contribution in [-0.2, 0) is 9.53 Å². The number of ether oxygens (including phenoxy) is 1. The normalized spacial score (nSPS) is 12.5. The zero-order valence-electron chi connectivity index (χ0n) is 14.2. The molecule has 132 valence electrons. The molecule has 1 unspecified atom stereocenters. The first-order valence-corrected chi connectivity index (χ1v) is 8.85. The Morgan fingerprint density at radius 1 is 1.05 bits per heavy atom. The van der Waals surface area contributed by atoms with Crippen molar-refractivity contribution in [2.24, 2.45) is 0 Å². The molecular formula is C17H35NO4. The molecule has 5 heteroatoms. The molecule has 0 fully saturated rings. The summed E-state index contributed by atoms with van der Waals surface area (Å²) in [6, 6.07) is 0. The smallest absolute Gasteiger partial charge is 0.304 e. The quantitative estimate of drug-likeness (QED) is 0.359. The summed E-state index contributed by atoms with van der Waals surface area (Å²) in [5, 5.41) is 21.2. The van der Waals surface area contributed by atoms with Crippen LogP contribution in [0.1, 0.15) is 71.1 Å². The van der Waals surface area contributed by atoms with Crippen molar-refractivity contribution in [3.05, 3.63) is 0 Å². The molecule has 0 radical (unpaired) electrons. The Labute approximate surface area is 135 Å². The summed E-state index contributed by atoms with van der Waals surface area (Å²) < 4.78 is 5.37. The first-order chi connectivity index (χ1) is 10.7. The van der Waals surface area contributed by atoms with Gasteiger partial charge in [-0.2, -0.15) is 0 Å². The second-order valence-corrected chi connectivity index (χ2v) is 5.89. The summed E-state index contributed by atoms with van der Waals surface area (Å²) >= 11 is 0. The molecule has 0 saturated carbocycles. The highest BCUT2D eigenvalue weighted by atomic mass is 16.5. The van der Waals surface area contributed by atoms with Gasteiger partial charge in [-0.15, -0.1) is 0 Å². The van der Waals surface area contributed by atoms with Gasteiger partial charge < -0.3 is 20.3 Å². The van der Waals surface area contributed by atoms with E-state index in [0.29, 0.717) is 26.3 Å². The first kappa shape index (κ1) is 21.4. The first-order valence-electron chi connectivity index (χ1n) is 8.85. The fourth-order valence-electron chi connectivity index (χ4n) is 2.28. The maximum atomic E-state index is 10.3. The number of aliphatic hydroxyl groups excluding tert-OH is 1. The van der Waals surface area contributed by atoms with Gasteiger partial charge in [0.15, 0.2) is 0 Å². The van der Waals surface area contributed by atoms with E-state index in [9.17, 15) is 9.90 Å². The maximum Gasteiger partial charge on any atom is 0.304 e. The highest BCUT2D eigenvalue weighted by Gasteiger charge is 2.04. The predicted octanol–water partition coefficient (Wildman–Crippen LogP) is 2.96. The Hall–Kier alpha value is -0.650. The maximum absolute atomic E-state index is 10.3. The fourth-order valence-corrected chi connectivity index (χ4v) is 2.28. The average Bonchev–Trinajstić information content (AvgIpc) is 2.48. The van der Waals surface area contributed by atoms with Gasteiger partial charge in [-0.3, -0.25) is 4.79 Å². The minimum absolute atomic E-state index is 0.126. The standard InChI is InChI=1S/C17H35NO4/c1-2-3-4-5-6-7-8-9-10-16(19)15-22-14-13-18-12-11-17(20)21/h16,18-19H,2-15H2,1H3,(H,20,21). The fraction of sp³-hybridized carbons (Fsp3) is 0.941. The van der Waals surface area contributed by atoms with Crippen LogP contribution in [0.2, 0.25) is 0 Å². The van der Waals surface area contributed by atoms with Crippen LogP contribution in [0.3, 0.4) is 0 Å². The summed E-state index contributed by atoms with van der Waals surface area (Å²) in [5.41, 5.74) is 0. The lowest BCUT2D eigenvalue weighted by molar-refractivity contribution is -0.136. The molecule has 0 aliphatic rings. The molecule has 0 rings (SSSR count).